The molecule has 21 heavy (non-hydrogen) atoms. The summed E-state index contributed by atoms with van der Waals surface area (Å²) in [6.07, 6.45) is 2.26. The number of primary amides is 1. The molecule has 8 nitrogen and oxygen atoms in total. The third-order valence-corrected chi connectivity index (χ3v) is 2.80. The van der Waals surface area contributed by atoms with E-state index in [4.69, 9.17) is 20.9 Å². The fraction of sp³-hybridized carbons (Fsp3) is 0.846. The van der Waals surface area contributed by atoms with Gasteiger partial charge in [0, 0.05) is 13.1 Å². The molecule has 0 fully saturated rings. The number of hydrogen-bond donors (Lipinski definition) is 4. The lowest BCUT2D eigenvalue weighted by Gasteiger charge is -2.11. The normalized spacial score (nSPS) is 12.1. The van der Waals surface area contributed by atoms with Gasteiger partial charge in [-0.05, 0) is 26.3 Å². The van der Waals surface area contributed by atoms with E-state index in [1.807, 2.05) is 0 Å². The average Bonchev–Trinajstić information content (AvgIpc) is 2.46. The van der Waals surface area contributed by atoms with Gasteiger partial charge < -0.3 is 31.6 Å². The second-order valence-electron chi connectivity index (χ2n) is 4.54. The molecule has 0 aliphatic carbocycles. The Labute approximate surface area is 125 Å². The molecule has 0 spiro atoms. The van der Waals surface area contributed by atoms with Crippen LogP contribution >= 0.6 is 0 Å². The van der Waals surface area contributed by atoms with E-state index in [2.05, 4.69) is 10.6 Å². The van der Waals surface area contributed by atoms with E-state index in [0.717, 1.165) is 12.8 Å². The summed E-state index contributed by atoms with van der Waals surface area (Å²) >= 11 is 0. The van der Waals surface area contributed by atoms with Crippen LogP contribution in [0.25, 0.3) is 0 Å². The van der Waals surface area contributed by atoms with Crippen LogP contribution < -0.4 is 22.1 Å². The van der Waals surface area contributed by atoms with Crippen LogP contribution in [-0.2, 0) is 19.1 Å². The molecule has 2 amide bonds. The molecule has 0 saturated carbocycles. The number of nitrogens with two attached hydrogens (primary N) is 2. The van der Waals surface area contributed by atoms with Crippen molar-refractivity contribution in [1.29, 1.82) is 0 Å². The number of hydrogen-bond acceptors (Lipinski definition) is 6. The van der Waals surface area contributed by atoms with E-state index < -0.39 is 0 Å². The molecule has 0 radical (unpaired) electrons. The Balaban J connectivity index is 3.39. The van der Waals surface area contributed by atoms with Crippen molar-refractivity contribution in [3.8, 4) is 0 Å². The van der Waals surface area contributed by atoms with Gasteiger partial charge in [-0.1, -0.05) is 0 Å². The van der Waals surface area contributed by atoms with E-state index >= 15 is 0 Å². The molecule has 0 aliphatic rings. The minimum atomic E-state index is -0.355. The maximum Gasteiger partial charge on any atom is 0.245 e. The zero-order valence-electron chi connectivity index (χ0n) is 12.7. The predicted molar refractivity (Wildman–Crippen MR) is 79.6 cm³/mol. The van der Waals surface area contributed by atoms with Gasteiger partial charge in [0.05, 0.1) is 25.9 Å². The van der Waals surface area contributed by atoms with Crippen molar-refractivity contribution >= 4 is 11.8 Å². The maximum atomic E-state index is 11.4. The molecule has 0 bridgehead atoms. The Morgan fingerprint density at radius 1 is 1.14 bits per heavy atom. The second kappa shape index (κ2) is 13.7. The van der Waals surface area contributed by atoms with Crippen molar-refractivity contribution in [2.75, 3.05) is 46.6 Å². The summed E-state index contributed by atoms with van der Waals surface area (Å²) in [7, 11) is 1.70. The summed E-state index contributed by atoms with van der Waals surface area (Å²) in [5.74, 6) is -0.513. The highest BCUT2D eigenvalue weighted by Gasteiger charge is 2.11. The van der Waals surface area contributed by atoms with Gasteiger partial charge in [-0.15, -0.1) is 0 Å². The number of unbranched alkanes of at least 4 members (excludes halogenated alkanes) is 1. The fourth-order valence-electron chi connectivity index (χ4n) is 1.65. The van der Waals surface area contributed by atoms with Gasteiger partial charge in [-0.2, -0.15) is 0 Å². The van der Waals surface area contributed by atoms with Crippen LogP contribution in [0.4, 0.5) is 0 Å². The van der Waals surface area contributed by atoms with E-state index in [1.165, 1.54) is 0 Å². The molecule has 0 aromatic rings. The summed E-state index contributed by atoms with van der Waals surface area (Å²) in [4.78, 5) is 22.4. The molecule has 0 heterocycles. The molecule has 124 valence electrons. The zero-order valence-corrected chi connectivity index (χ0v) is 12.7. The number of rotatable bonds is 14. The standard InChI is InChI=1S/C13H28N4O4/c1-16-11(13(15)19)4-2-3-6-17-12(18)10-21-9-8-20-7-5-14/h11,16H,2-10,14H2,1H3,(H2,15,19)(H,17,18). The van der Waals surface area contributed by atoms with E-state index in [1.54, 1.807) is 7.05 Å². The van der Waals surface area contributed by atoms with E-state index in [-0.39, 0.29) is 24.5 Å². The molecular weight excluding hydrogens is 276 g/mol. The Morgan fingerprint density at radius 2 is 1.86 bits per heavy atom. The lowest BCUT2D eigenvalue weighted by molar-refractivity contribution is -0.126. The average molecular weight is 304 g/mol. The lowest BCUT2D eigenvalue weighted by Crippen LogP contribution is -2.39. The van der Waals surface area contributed by atoms with Gasteiger partial charge in [-0.25, -0.2) is 0 Å². The molecule has 1 atom stereocenters. The first-order chi connectivity index (χ1) is 10.1. The molecule has 0 aromatic heterocycles. The van der Waals surface area contributed by atoms with Crippen molar-refractivity contribution in [2.45, 2.75) is 25.3 Å². The van der Waals surface area contributed by atoms with Crippen LogP contribution in [0.2, 0.25) is 0 Å². The van der Waals surface area contributed by atoms with Gasteiger partial charge in [-0.3, -0.25) is 9.59 Å². The van der Waals surface area contributed by atoms with Gasteiger partial charge in [0.2, 0.25) is 11.8 Å². The zero-order chi connectivity index (χ0) is 15.9. The largest absolute Gasteiger partial charge is 0.378 e. The predicted octanol–water partition coefficient (Wildman–Crippen LogP) is -1.66. The minimum absolute atomic E-state index is 0.0202. The smallest absolute Gasteiger partial charge is 0.245 e. The fourth-order valence-corrected chi connectivity index (χ4v) is 1.65. The van der Waals surface area contributed by atoms with Crippen LogP contribution in [0, 0.1) is 0 Å². The van der Waals surface area contributed by atoms with E-state index in [0.29, 0.717) is 39.3 Å². The second-order valence-corrected chi connectivity index (χ2v) is 4.54. The molecule has 0 rings (SSSR count). The quantitative estimate of drug-likeness (QED) is 0.284. The van der Waals surface area contributed by atoms with Crippen LogP contribution in [0.1, 0.15) is 19.3 Å². The number of carbonyl (C=O) groups excluding carboxylic acids is 2. The summed E-state index contributed by atoms with van der Waals surface area (Å²) in [5, 5.41) is 5.59. The number of likely N-dealkylation sites (N-methyl/N-ethyl adjacent to an activating group) is 1. The Hall–Kier alpha value is -1.22. The number of carbonyl (C=O) groups is 2. The minimum Gasteiger partial charge on any atom is -0.378 e. The molecule has 0 saturated heterocycles. The van der Waals surface area contributed by atoms with Crippen LogP contribution in [-0.4, -0.2) is 64.4 Å². The van der Waals surface area contributed by atoms with Crippen molar-refractivity contribution < 1.29 is 19.1 Å². The van der Waals surface area contributed by atoms with Crippen molar-refractivity contribution in [2.24, 2.45) is 11.5 Å². The Kier molecular flexibility index (Phi) is 13.0. The highest BCUT2D eigenvalue weighted by molar-refractivity contribution is 5.79. The molecule has 1 unspecified atom stereocenters. The number of ether oxygens (including phenoxy) is 2. The van der Waals surface area contributed by atoms with Crippen molar-refractivity contribution in [3.63, 3.8) is 0 Å². The summed E-state index contributed by atoms with van der Waals surface area (Å²) < 4.78 is 10.2. The molecule has 0 aromatic carbocycles. The molecular formula is C13H28N4O4. The van der Waals surface area contributed by atoms with Gasteiger partial charge in [0.25, 0.3) is 0 Å². The third kappa shape index (κ3) is 12.2. The molecule has 6 N–H and O–H groups in total. The lowest BCUT2D eigenvalue weighted by atomic mass is 10.1. The summed E-state index contributed by atoms with van der Waals surface area (Å²) in [6.45, 7) is 2.35. The Bertz CT molecular complexity index is 289. The van der Waals surface area contributed by atoms with Crippen LogP contribution in [0.15, 0.2) is 0 Å². The monoisotopic (exact) mass is 304 g/mol. The van der Waals surface area contributed by atoms with Crippen molar-refractivity contribution in [1.82, 2.24) is 10.6 Å². The van der Waals surface area contributed by atoms with Crippen molar-refractivity contribution in [3.05, 3.63) is 0 Å². The van der Waals surface area contributed by atoms with E-state index in [9.17, 15) is 9.59 Å². The Morgan fingerprint density at radius 3 is 2.48 bits per heavy atom. The van der Waals surface area contributed by atoms with Crippen LogP contribution in [0.5, 0.6) is 0 Å². The summed E-state index contributed by atoms with van der Waals surface area (Å²) in [5.41, 5.74) is 10.5. The first-order valence-corrected chi connectivity index (χ1v) is 7.20. The molecule has 0 aliphatic heterocycles. The number of nitrogens with one attached hydrogen (secondary N) is 2. The van der Waals surface area contributed by atoms with Crippen LogP contribution in [0.3, 0.4) is 0 Å². The SMILES string of the molecule is CNC(CCCCNC(=O)COCCOCCN)C(N)=O. The first-order valence-electron chi connectivity index (χ1n) is 7.20. The maximum absolute atomic E-state index is 11.4. The topological polar surface area (TPSA) is 129 Å². The van der Waals surface area contributed by atoms with Gasteiger partial charge in [0.15, 0.2) is 0 Å². The molecule has 8 heteroatoms. The third-order valence-electron chi connectivity index (χ3n) is 2.80. The summed E-state index contributed by atoms with van der Waals surface area (Å²) in [6, 6.07) is -0.308. The highest BCUT2D eigenvalue weighted by atomic mass is 16.5. The first kappa shape index (κ1) is 19.8. The highest BCUT2D eigenvalue weighted by Crippen LogP contribution is 1.99. The number of amides is 2. The van der Waals surface area contributed by atoms with Gasteiger partial charge >= 0.3 is 0 Å². The van der Waals surface area contributed by atoms with Gasteiger partial charge in [0.1, 0.15) is 6.61 Å².